The Morgan fingerprint density at radius 3 is 1.94 bits per heavy atom. The Hall–Kier alpha value is -3.74. The van der Waals surface area contributed by atoms with Crippen molar-refractivity contribution in [3.05, 3.63) is 125 Å². The summed E-state index contributed by atoms with van der Waals surface area (Å²) < 4.78 is 27.8. The number of nitrogens with one attached hydrogen (secondary N) is 1. The lowest BCUT2D eigenvalue weighted by molar-refractivity contribution is 0.0981. The first-order valence-electron chi connectivity index (χ1n) is 11.9. The fourth-order valence-corrected chi connectivity index (χ4v) is 4.90. The molecular formula is C30H30N2O3S. The van der Waals surface area contributed by atoms with Crippen molar-refractivity contribution in [2.75, 3.05) is 13.6 Å². The van der Waals surface area contributed by atoms with E-state index in [4.69, 9.17) is 0 Å². The highest BCUT2D eigenvalue weighted by atomic mass is 32.2. The van der Waals surface area contributed by atoms with Crippen molar-refractivity contribution >= 4 is 15.9 Å². The van der Waals surface area contributed by atoms with Gasteiger partial charge in [0.05, 0.1) is 4.90 Å². The van der Waals surface area contributed by atoms with Crippen LogP contribution in [0.1, 0.15) is 27.0 Å². The monoisotopic (exact) mass is 498 g/mol. The second-order valence-corrected chi connectivity index (χ2v) is 10.7. The van der Waals surface area contributed by atoms with Gasteiger partial charge in [-0.3, -0.25) is 4.79 Å². The number of sulfonamides is 1. The van der Waals surface area contributed by atoms with E-state index in [-0.39, 0.29) is 10.5 Å². The summed E-state index contributed by atoms with van der Waals surface area (Å²) in [7, 11) is -1.94. The number of amides is 1. The summed E-state index contributed by atoms with van der Waals surface area (Å²) in [5, 5.41) is 0. The minimum atomic E-state index is -3.98. The number of rotatable bonds is 9. The molecule has 1 amide bonds. The van der Waals surface area contributed by atoms with Crippen molar-refractivity contribution in [1.82, 2.24) is 9.62 Å². The predicted molar refractivity (Wildman–Crippen MR) is 144 cm³/mol. The highest BCUT2D eigenvalue weighted by Gasteiger charge is 2.19. The second kappa shape index (κ2) is 11.3. The Bertz CT molecular complexity index is 1400. The highest BCUT2D eigenvalue weighted by molar-refractivity contribution is 7.90. The number of aryl methyl sites for hydroxylation is 1. The molecule has 0 aliphatic rings. The van der Waals surface area contributed by atoms with E-state index in [0.29, 0.717) is 6.54 Å². The number of hydrogen-bond acceptors (Lipinski definition) is 4. The second-order valence-electron chi connectivity index (χ2n) is 9.00. The molecule has 0 saturated carbocycles. The molecule has 0 atom stereocenters. The van der Waals surface area contributed by atoms with Gasteiger partial charge < -0.3 is 4.90 Å². The predicted octanol–water partition coefficient (Wildman–Crippen LogP) is 5.46. The van der Waals surface area contributed by atoms with Gasteiger partial charge in [0.2, 0.25) is 0 Å². The molecule has 0 aromatic heterocycles. The number of carbonyl (C=O) groups is 1. The maximum atomic E-state index is 12.8. The van der Waals surface area contributed by atoms with Crippen molar-refractivity contribution in [2.45, 2.75) is 24.8 Å². The lowest BCUT2D eigenvalue weighted by atomic mass is 10.0. The molecule has 6 heteroatoms. The highest BCUT2D eigenvalue weighted by Crippen LogP contribution is 2.21. The van der Waals surface area contributed by atoms with Gasteiger partial charge in [0.1, 0.15) is 0 Å². The molecule has 0 heterocycles. The molecule has 0 fully saturated rings. The van der Waals surface area contributed by atoms with Gasteiger partial charge in [0.15, 0.2) is 0 Å². The molecule has 0 saturated heterocycles. The summed E-state index contributed by atoms with van der Waals surface area (Å²) in [6.45, 7) is 3.62. The van der Waals surface area contributed by atoms with E-state index in [1.165, 1.54) is 23.3 Å². The molecule has 0 aliphatic heterocycles. The summed E-state index contributed by atoms with van der Waals surface area (Å²) in [5.41, 5.74) is 5.73. The number of likely N-dealkylation sites (N-methyl/N-ethyl adjacent to an activating group) is 1. The fourth-order valence-electron chi connectivity index (χ4n) is 3.93. The summed E-state index contributed by atoms with van der Waals surface area (Å²) >= 11 is 0. The van der Waals surface area contributed by atoms with Crippen molar-refractivity contribution in [3.63, 3.8) is 0 Å². The Morgan fingerprint density at radius 2 is 1.33 bits per heavy atom. The van der Waals surface area contributed by atoms with Crippen LogP contribution >= 0.6 is 0 Å². The molecule has 5 nitrogen and oxygen atoms in total. The van der Waals surface area contributed by atoms with Crippen molar-refractivity contribution in [2.24, 2.45) is 0 Å². The standard InChI is InChI=1S/C30H30N2O3S/c1-23-8-12-26(13-9-23)27-14-16-28(17-15-27)30(33)31-36(34,35)29-18-10-25(11-19-29)22-32(2)21-20-24-6-4-3-5-7-24/h3-19H,20-22H2,1-2H3,(H,31,33). The van der Waals surface area contributed by atoms with Crippen LogP contribution in [0.2, 0.25) is 0 Å². The van der Waals surface area contributed by atoms with Crippen molar-refractivity contribution < 1.29 is 13.2 Å². The average molecular weight is 499 g/mol. The first-order chi connectivity index (χ1) is 17.3. The summed E-state index contributed by atoms with van der Waals surface area (Å²) in [6.07, 6.45) is 0.946. The zero-order chi connectivity index (χ0) is 25.5. The fraction of sp³-hybridized carbons (Fsp3) is 0.167. The Morgan fingerprint density at radius 1 is 0.750 bits per heavy atom. The van der Waals surface area contributed by atoms with E-state index >= 15 is 0 Å². The van der Waals surface area contributed by atoms with Crippen LogP contribution in [0.4, 0.5) is 0 Å². The third kappa shape index (κ3) is 6.68. The lowest BCUT2D eigenvalue weighted by Gasteiger charge is -2.17. The smallest absolute Gasteiger partial charge is 0.264 e. The van der Waals surface area contributed by atoms with Crippen LogP contribution in [0.5, 0.6) is 0 Å². The van der Waals surface area contributed by atoms with Crippen LogP contribution in [0.25, 0.3) is 11.1 Å². The first kappa shape index (κ1) is 25.4. The van der Waals surface area contributed by atoms with Gasteiger partial charge in [0.25, 0.3) is 15.9 Å². The lowest BCUT2D eigenvalue weighted by Crippen LogP contribution is -2.30. The average Bonchev–Trinajstić information content (AvgIpc) is 2.89. The largest absolute Gasteiger partial charge is 0.302 e. The number of nitrogens with zero attached hydrogens (tertiary/aromatic N) is 1. The minimum absolute atomic E-state index is 0.0582. The Kier molecular flexibility index (Phi) is 7.98. The molecule has 1 N–H and O–H groups in total. The summed E-state index contributed by atoms with van der Waals surface area (Å²) in [6, 6.07) is 31.9. The van der Waals surface area contributed by atoms with E-state index in [2.05, 4.69) is 21.8 Å². The summed E-state index contributed by atoms with van der Waals surface area (Å²) in [4.78, 5) is 14.9. The molecule has 0 bridgehead atoms. The van der Waals surface area contributed by atoms with E-state index in [9.17, 15) is 13.2 Å². The molecule has 184 valence electrons. The molecule has 4 aromatic carbocycles. The first-order valence-corrected chi connectivity index (χ1v) is 13.3. The molecular weight excluding hydrogens is 468 g/mol. The van der Waals surface area contributed by atoms with Crippen molar-refractivity contribution in [1.29, 1.82) is 0 Å². The SMILES string of the molecule is Cc1ccc(-c2ccc(C(=O)NS(=O)(=O)c3ccc(CN(C)CCc4ccccc4)cc3)cc2)cc1. The Labute approximate surface area is 213 Å². The number of benzene rings is 4. The quantitative estimate of drug-likeness (QED) is 0.333. The normalized spacial score (nSPS) is 11.4. The molecule has 0 unspecified atom stereocenters. The van der Waals surface area contributed by atoms with E-state index in [1.54, 1.807) is 24.3 Å². The van der Waals surface area contributed by atoms with Crippen LogP contribution in [0, 0.1) is 6.92 Å². The van der Waals surface area contributed by atoms with Gasteiger partial charge in [-0.1, -0.05) is 84.4 Å². The van der Waals surface area contributed by atoms with Gasteiger partial charge in [0, 0.05) is 18.7 Å². The van der Waals surface area contributed by atoms with E-state index < -0.39 is 15.9 Å². The van der Waals surface area contributed by atoms with Gasteiger partial charge >= 0.3 is 0 Å². The Balaban J connectivity index is 1.34. The molecule has 4 aromatic rings. The zero-order valence-electron chi connectivity index (χ0n) is 20.5. The van der Waals surface area contributed by atoms with Crippen LogP contribution in [-0.4, -0.2) is 32.8 Å². The van der Waals surface area contributed by atoms with Gasteiger partial charge in [-0.15, -0.1) is 0 Å². The maximum Gasteiger partial charge on any atom is 0.264 e. The topological polar surface area (TPSA) is 66.5 Å². The molecule has 36 heavy (non-hydrogen) atoms. The van der Waals surface area contributed by atoms with Gasteiger partial charge in [-0.05, 0) is 66.9 Å². The zero-order valence-corrected chi connectivity index (χ0v) is 21.3. The maximum absolute atomic E-state index is 12.8. The number of hydrogen-bond donors (Lipinski definition) is 1. The minimum Gasteiger partial charge on any atom is -0.302 e. The van der Waals surface area contributed by atoms with Crippen LogP contribution in [0.15, 0.2) is 108 Å². The third-order valence-corrected chi connectivity index (χ3v) is 7.42. The van der Waals surface area contributed by atoms with Gasteiger partial charge in [-0.2, -0.15) is 0 Å². The molecule has 0 spiro atoms. The molecule has 0 radical (unpaired) electrons. The van der Waals surface area contributed by atoms with E-state index in [0.717, 1.165) is 29.7 Å². The van der Waals surface area contributed by atoms with Crippen LogP contribution in [0.3, 0.4) is 0 Å². The number of carbonyl (C=O) groups excluding carboxylic acids is 1. The van der Waals surface area contributed by atoms with Crippen LogP contribution in [-0.2, 0) is 23.0 Å². The van der Waals surface area contributed by atoms with Crippen molar-refractivity contribution in [3.8, 4) is 11.1 Å². The summed E-state index contributed by atoms with van der Waals surface area (Å²) in [5.74, 6) is -0.657. The third-order valence-electron chi connectivity index (χ3n) is 6.07. The van der Waals surface area contributed by atoms with Gasteiger partial charge in [-0.25, -0.2) is 13.1 Å². The van der Waals surface area contributed by atoms with E-state index in [1.807, 2.05) is 68.6 Å². The molecule has 0 aliphatic carbocycles. The molecule has 4 rings (SSSR count). The van der Waals surface area contributed by atoms with Crippen LogP contribution < -0.4 is 4.72 Å².